The van der Waals surface area contributed by atoms with E-state index in [-0.39, 0.29) is 24.8 Å². The van der Waals surface area contributed by atoms with Crippen molar-refractivity contribution in [1.82, 2.24) is 19.2 Å². The van der Waals surface area contributed by atoms with Gasteiger partial charge in [-0.15, -0.1) is 0 Å². The summed E-state index contributed by atoms with van der Waals surface area (Å²) in [5.74, 6) is 0.170. The lowest BCUT2D eigenvalue weighted by Gasteiger charge is -2.34. The van der Waals surface area contributed by atoms with Crippen LogP contribution in [0.15, 0.2) is 48.8 Å². The molecule has 1 aliphatic heterocycles. The highest BCUT2D eigenvalue weighted by Crippen LogP contribution is 2.15. The maximum absolute atomic E-state index is 12.5. The highest BCUT2D eigenvalue weighted by molar-refractivity contribution is 6.30. The van der Waals surface area contributed by atoms with E-state index in [1.54, 1.807) is 24.3 Å². The van der Waals surface area contributed by atoms with Gasteiger partial charge < -0.3 is 19.8 Å². The van der Waals surface area contributed by atoms with Gasteiger partial charge in [-0.1, -0.05) is 23.7 Å². The normalized spacial score (nSPS) is 14.7. The quantitative estimate of drug-likeness (QED) is 0.602. The molecule has 0 unspecified atom stereocenters. The van der Waals surface area contributed by atoms with Crippen molar-refractivity contribution in [3.05, 3.63) is 65.1 Å². The number of ether oxygens (including phenoxy) is 1. The van der Waals surface area contributed by atoms with Crippen molar-refractivity contribution in [3.63, 3.8) is 0 Å². The third-order valence-electron chi connectivity index (χ3n) is 5.24. The first-order chi connectivity index (χ1) is 15.0. The minimum absolute atomic E-state index is 0.0115. The van der Waals surface area contributed by atoms with Gasteiger partial charge in [0.2, 0.25) is 5.91 Å². The molecule has 9 heteroatoms. The fourth-order valence-corrected chi connectivity index (χ4v) is 3.79. The maximum atomic E-state index is 12.5. The van der Waals surface area contributed by atoms with Gasteiger partial charge in [-0.25, -0.2) is 4.98 Å². The van der Waals surface area contributed by atoms with Crippen molar-refractivity contribution in [1.29, 1.82) is 0 Å². The van der Waals surface area contributed by atoms with E-state index in [4.69, 9.17) is 22.1 Å². The van der Waals surface area contributed by atoms with E-state index in [1.807, 2.05) is 33.8 Å². The second-order valence-corrected chi connectivity index (χ2v) is 8.01. The summed E-state index contributed by atoms with van der Waals surface area (Å²) in [6.07, 6.45) is 4.02. The third-order valence-corrected chi connectivity index (χ3v) is 5.46. The molecule has 8 nitrogen and oxygen atoms in total. The number of imidazole rings is 1. The second kappa shape index (κ2) is 9.36. The lowest BCUT2D eigenvalue weighted by Crippen LogP contribution is -2.49. The number of rotatable bonds is 7. The average molecular weight is 442 g/mol. The van der Waals surface area contributed by atoms with Crippen LogP contribution in [0.2, 0.25) is 5.02 Å². The molecule has 3 aromatic rings. The van der Waals surface area contributed by atoms with Gasteiger partial charge in [0.15, 0.2) is 6.61 Å². The molecule has 3 heterocycles. The molecule has 0 bridgehead atoms. The number of hydrogen-bond donors (Lipinski definition) is 1. The number of benzene rings is 1. The van der Waals surface area contributed by atoms with Crippen molar-refractivity contribution in [2.24, 2.45) is 5.73 Å². The zero-order valence-corrected chi connectivity index (χ0v) is 17.8. The molecule has 0 radical (unpaired) electrons. The van der Waals surface area contributed by atoms with Crippen LogP contribution in [0.4, 0.5) is 0 Å². The number of amides is 2. The van der Waals surface area contributed by atoms with Gasteiger partial charge in [-0.05, 0) is 29.8 Å². The molecule has 2 amide bonds. The van der Waals surface area contributed by atoms with Crippen LogP contribution in [0.3, 0.4) is 0 Å². The molecule has 162 valence electrons. The number of carbonyl (C=O) groups is 2. The Morgan fingerprint density at radius 1 is 1.03 bits per heavy atom. The number of nitrogens with two attached hydrogens (primary N) is 1. The van der Waals surface area contributed by atoms with Crippen LogP contribution in [-0.4, -0.2) is 63.8 Å². The number of hydrogen-bond acceptors (Lipinski definition) is 5. The fraction of sp³-hybridized carbons (Fsp3) is 0.318. The second-order valence-electron chi connectivity index (χ2n) is 7.58. The van der Waals surface area contributed by atoms with Gasteiger partial charge in [0.25, 0.3) is 5.91 Å². The number of fused-ring (bicyclic) bond motifs is 1. The summed E-state index contributed by atoms with van der Waals surface area (Å²) >= 11 is 6.03. The predicted molar refractivity (Wildman–Crippen MR) is 117 cm³/mol. The molecule has 2 N–H and O–H groups in total. The molecule has 0 atom stereocenters. The van der Waals surface area contributed by atoms with E-state index in [0.29, 0.717) is 23.9 Å². The van der Waals surface area contributed by atoms with E-state index in [1.165, 1.54) is 0 Å². The largest absolute Gasteiger partial charge is 0.484 e. The Labute approximate surface area is 185 Å². The number of pyridine rings is 1. The molecule has 1 fully saturated rings. The van der Waals surface area contributed by atoms with Gasteiger partial charge in [0.05, 0.1) is 17.1 Å². The Hall–Kier alpha value is -3.10. The Kier molecular flexibility index (Phi) is 6.39. The Balaban J connectivity index is 1.23. The Morgan fingerprint density at radius 2 is 1.77 bits per heavy atom. The SMILES string of the molecule is NC(=O)Cc1ccc(OCC(=O)N2CCN(Cc3cn4cc(Cl)ccc4n3)CC2)cc1. The predicted octanol–water partition coefficient (Wildman–Crippen LogP) is 1.74. The molecule has 2 aromatic heterocycles. The van der Waals surface area contributed by atoms with Crippen LogP contribution in [0.5, 0.6) is 5.75 Å². The van der Waals surface area contributed by atoms with E-state index < -0.39 is 0 Å². The first-order valence-electron chi connectivity index (χ1n) is 10.1. The Morgan fingerprint density at radius 3 is 2.48 bits per heavy atom. The van der Waals surface area contributed by atoms with Gasteiger partial charge in [0, 0.05) is 45.1 Å². The molecule has 4 rings (SSSR count). The average Bonchev–Trinajstić information content (AvgIpc) is 3.14. The zero-order valence-electron chi connectivity index (χ0n) is 17.0. The highest BCUT2D eigenvalue weighted by atomic mass is 35.5. The molecular formula is C22H24ClN5O3. The Bertz CT molecular complexity index is 1070. The first kappa shape index (κ1) is 21.1. The highest BCUT2D eigenvalue weighted by Gasteiger charge is 2.22. The van der Waals surface area contributed by atoms with E-state index in [2.05, 4.69) is 9.88 Å². The van der Waals surface area contributed by atoms with Crippen LogP contribution in [0.1, 0.15) is 11.3 Å². The van der Waals surface area contributed by atoms with E-state index in [9.17, 15) is 9.59 Å². The van der Waals surface area contributed by atoms with Crippen LogP contribution in [-0.2, 0) is 22.6 Å². The summed E-state index contributed by atoms with van der Waals surface area (Å²) in [7, 11) is 0. The number of aromatic nitrogens is 2. The molecular weight excluding hydrogens is 418 g/mol. The lowest BCUT2D eigenvalue weighted by molar-refractivity contribution is -0.135. The third kappa shape index (κ3) is 5.53. The standard InChI is InChI=1S/C22H24ClN5O3/c23-17-3-6-21-25-18(14-28(21)12-17)13-26-7-9-27(10-8-26)22(30)15-31-19-4-1-16(2-5-19)11-20(24)29/h1-6,12,14H,7-11,13,15H2,(H2,24,29). The molecule has 31 heavy (non-hydrogen) atoms. The van der Waals surface area contributed by atoms with Crippen molar-refractivity contribution in [2.45, 2.75) is 13.0 Å². The number of halogens is 1. The minimum Gasteiger partial charge on any atom is -0.484 e. The van der Waals surface area contributed by atoms with E-state index in [0.717, 1.165) is 36.5 Å². The summed E-state index contributed by atoms with van der Waals surface area (Å²) < 4.78 is 7.53. The van der Waals surface area contributed by atoms with Crippen molar-refractivity contribution < 1.29 is 14.3 Å². The number of piperazine rings is 1. The molecule has 1 aromatic carbocycles. The summed E-state index contributed by atoms with van der Waals surface area (Å²) in [5.41, 5.74) is 7.85. The minimum atomic E-state index is -0.381. The smallest absolute Gasteiger partial charge is 0.260 e. The molecule has 0 aliphatic carbocycles. The summed E-state index contributed by atoms with van der Waals surface area (Å²) in [6.45, 7) is 3.58. The molecule has 1 aliphatic rings. The summed E-state index contributed by atoms with van der Waals surface area (Å²) in [4.78, 5) is 32.2. The van der Waals surface area contributed by atoms with Crippen LogP contribution in [0, 0.1) is 0 Å². The van der Waals surface area contributed by atoms with E-state index >= 15 is 0 Å². The molecule has 0 saturated carbocycles. The van der Waals surface area contributed by atoms with Gasteiger partial charge in [-0.2, -0.15) is 0 Å². The summed E-state index contributed by atoms with van der Waals surface area (Å²) in [5, 5.41) is 0.674. The van der Waals surface area contributed by atoms with Gasteiger partial charge in [-0.3, -0.25) is 14.5 Å². The zero-order chi connectivity index (χ0) is 21.8. The topological polar surface area (TPSA) is 93.2 Å². The van der Waals surface area contributed by atoms with Crippen LogP contribution >= 0.6 is 11.6 Å². The van der Waals surface area contributed by atoms with Crippen LogP contribution < -0.4 is 10.5 Å². The number of nitrogens with zero attached hydrogens (tertiary/aromatic N) is 4. The molecule has 0 spiro atoms. The molecule has 1 saturated heterocycles. The summed E-state index contributed by atoms with van der Waals surface area (Å²) in [6, 6.07) is 10.8. The number of carbonyl (C=O) groups excluding carboxylic acids is 2. The fourth-order valence-electron chi connectivity index (χ4n) is 3.62. The van der Waals surface area contributed by atoms with Crippen LogP contribution in [0.25, 0.3) is 5.65 Å². The lowest BCUT2D eigenvalue weighted by atomic mass is 10.1. The van der Waals surface area contributed by atoms with Gasteiger partial charge >= 0.3 is 0 Å². The number of primary amides is 1. The monoisotopic (exact) mass is 441 g/mol. The van der Waals surface area contributed by atoms with Gasteiger partial charge in [0.1, 0.15) is 11.4 Å². The van der Waals surface area contributed by atoms with Crippen molar-refractivity contribution in [3.8, 4) is 5.75 Å². The maximum Gasteiger partial charge on any atom is 0.260 e. The van der Waals surface area contributed by atoms with Crippen molar-refractivity contribution >= 4 is 29.1 Å². The van der Waals surface area contributed by atoms with Crippen molar-refractivity contribution in [2.75, 3.05) is 32.8 Å². The first-order valence-corrected chi connectivity index (χ1v) is 10.5.